The van der Waals surface area contributed by atoms with Gasteiger partial charge in [-0.3, -0.25) is 4.18 Å². The van der Waals surface area contributed by atoms with E-state index < -0.39 is 24.5 Å². The highest BCUT2D eigenvalue weighted by atomic mass is 32.2. The molecule has 11 nitrogen and oxygen atoms in total. The highest BCUT2D eigenvalue weighted by molar-refractivity contribution is 7.86. The van der Waals surface area contributed by atoms with Crippen LogP contribution in [-0.2, 0) is 35.1 Å². The van der Waals surface area contributed by atoms with Crippen LogP contribution in [0.25, 0.3) is 22.2 Å². The Morgan fingerprint density at radius 2 is 1.91 bits per heavy atom. The second-order valence-corrected chi connectivity index (χ2v) is 19.2. The zero-order chi connectivity index (χ0) is 32.1. The minimum Gasteiger partial charge on any atom is -0.543 e. The van der Waals surface area contributed by atoms with E-state index in [4.69, 9.17) is 27.9 Å². The predicted molar refractivity (Wildman–Crippen MR) is 172 cm³/mol. The molecule has 0 radical (unpaired) electrons. The van der Waals surface area contributed by atoms with Gasteiger partial charge >= 0.3 is 0 Å². The SMILES string of the molecule is C[C@H](COCCOCCn1cc(-c2nn(C3CCCCO3)c3ccc(O[Si](C)(C)C(C)(C)C)cc23)cc1C#N)OS(C)(=O)=O. The van der Waals surface area contributed by atoms with E-state index in [1.54, 1.807) is 6.92 Å². The normalized spacial score (nSPS) is 17.1. The average Bonchev–Trinajstić information content (AvgIpc) is 3.52. The molecule has 0 N–H and O–H groups in total. The third-order valence-electron chi connectivity index (χ3n) is 8.11. The highest BCUT2D eigenvalue weighted by Gasteiger charge is 2.39. The molecule has 0 bridgehead atoms. The summed E-state index contributed by atoms with van der Waals surface area (Å²) >= 11 is 0. The van der Waals surface area contributed by atoms with Gasteiger partial charge in [-0.1, -0.05) is 20.8 Å². The number of rotatable bonds is 14. The Bertz CT molecular complexity index is 1560. The lowest BCUT2D eigenvalue weighted by atomic mass is 10.1. The molecule has 0 saturated carbocycles. The van der Waals surface area contributed by atoms with E-state index in [0.717, 1.165) is 53.4 Å². The third-order valence-corrected chi connectivity index (χ3v) is 13.1. The Kier molecular flexibility index (Phi) is 11.0. The maximum absolute atomic E-state index is 11.2. The molecule has 1 saturated heterocycles. The molecule has 0 spiro atoms. The van der Waals surface area contributed by atoms with E-state index in [1.807, 2.05) is 27.6 Å². The van der Waals surface area contributed by atoms with Gasteiger partial charge < -0.3 is 23.2 Å². The van der Waals surface area contributed by atoms with Gasteiger partial charge in [-0.25, -0.2) is 4.68 Å². The highest BCUT2D eigenvalue weighted by Crippen LogP contribution is 2.40. The molecule has 3 aromatic rings. The van der Waals surface area contributed by atoms with Crippen LogP contribution in [0.2, 0.25) is 18.1 Å². The zero-order valence-corrected chi connectivity index (χ0v) is 28.8. The van der Waals surface area contributed by atoms with Crippen molar-refractivity contribution in [3.8, 4) is 23.1 Å². The predicted octanol–water partition coefficient (Wildman–Crippen LogP) is 5.86. The number of nitriles is 1. The molecule has 44 heavy (non-hydrogen) atoms. The van der Waals surface area contributed by atoms with Crippen LogP contribution < -0.4 is 4.43 Å². The van der Waals surface area contributed by atoms with Crippen molar-refractivity contribution in [1.82, 2.24) is 14.3 Å². The third kappa shape index (κ3) is 8.71. The van der Waals surface area contributed by atoms with Crippen molar-refractivity contribution in [3.05, 3.63) is 36.2 Å². The molecule has 4 rings (SSSR count). The van der Waals surface area contributed by atoms with E-state index in [1.165, 1.54) is 0 Å². The number of benzene rings is 1. The summed E-state index contributed by atoms with van der Waals surface area (Å²) in [6.45, 7) is 15.1. The van der Waals surface area contributed by atoms with Crippen molar-refractivity contribution in [3.63, 3.8) is 0 Å². The van der Waals surface area contributed by atoms with Gasteiger partial charge in [0.1, 0.15) is 23.2 Å². The van der Waals surface area contributed by atoms with Crippen LogP contribution in [0.4, 0.5) is 0 Å². The van der Waals surface area contributed by atoms with E-state index in [9.17, 15) is 13.7 Å². The summed E-state index contributed by atoms with van der Waals surface area (Å²) < 4.78 is 55.0. The van der Waals surface area contributed by atoms with Crippen molar-refractivity contribution in [2.75, 3.05) is 39.3 Å². The van der Waals surface area contributed by atoms with Crippen LogP contribution in [-0.4, -0.2) is 76.5 Å². The van der Waals surface area contributed by atoms with Gasteiger partial charge in [0.15, 0.2) is 6.23 Å². The molecular weight excluding hydrogens is 601 g/mol. The maximum atomic E-state index is 11.2. The van der Waals surface area contributed by atoms with Crippen LogP contribution in [0.1, 0.15) is 58.9 Å². The van der Waals surface area contributed by atoms with E-state index >= 15 is 0 Å². The van der Waals surface area contributed by atoms with Gasteiger partial charge in [-0.05, 0) is 68.6 Å². The maximum Gasteiger partial charge on any atom is 0.264 e. The second kappa shape index (κ2) is 14.1. The lowest BCUT2D eigenvalue weighted by molar-refractivity contribution is -0.0365. The summed E-state index contributed by atoms with van der Waals surface area (Å²) in [5, 5.41) is 16.0. The summed E-state index contributed by atoms with van der Waals surface area (Å²) in [6.07, 6.45) is 5.27. The summed E-state index contributed by atoms with van der Waals surface area (Å²) in [5.74, 6) is 0.822. The molecule has 0 aliphatic carbocycles. The Morgan fingerprint density at radius 1 is 1.16 bits per heavy atom. The second-order valence-electron chi connectivity index (χ2n) is 12.9. The molecule has 242 valence electrons. The van der Waals surface area contributed by atoms with Crippen LogP contribution in [0, 0.1) is 11.3 Å². The van der Waals surface area contributed by atoms with Crippen LogP contribution >= 0.6 is 0 Å². The van der Waals surface area contributed by atoms with Crippen molar-refractivity contribution in [2.24, 2.45) is 0 Å². The van der Waals surface area contributed by atoms with E-state index in [0.29, 0.717) is 38.7 Å². The molecule has 2 aromatic heterocycles. The van der Waals surface area contributed by atoms with Crippen molar-refractivity contribution < 1.29 is 31.2 Å². The number of ether oxygens (including phenoxy) is 3. The van der Waals surface area contributed by atoms with Crippen LogP contribution in [0.3, 0.4) is 0 Å². The molecule has 3 heterocycles. The largest absolute Gasteiger partial charge is 0.543 e. The number of hydrogen-bond acceptors (Lipinski definition) is 9. The average molecular weight is 647 g/mol. The van der Waals surface area contributed by atoms with Crippen LogP contribution in [0.15, 0.2) is 30.5 Å². The summed E-state index contributed by atoms with van der Waals surface area (Å²) in [5.41, 5.74) is 3.11. The fraction of sp³-hybridized carbons (Fsp3) is 0.613. The first-order chi connectivity index (χ1) is 20.7. The van der Waals surface area contributed by atoms with Gasteiger partial charge in [-0.2, -0.15) is 18.8 Å². The van der Waals surface area contributed by atoms with Crippen molar-refractivity contribution in [1.29, 1.82) is 5.26 Å². The zero-order valence-electron chi connectivity index (χ0n) is 27.0. The Hall–Kier alpha value is -2.73. The summed E-state index contributed by atoms with van der Waals surface area (Å²) in [7, 11) is -5.58. The molecule has 0 amide bonds. The monoisotopic (exact) mass is 646 g/mol. The number of aromatic nitrogens is 3. The number of nitrogens with zero attached hydrogens (tertiary/aromatic N) is 4. The first kappa shape index (κ1) is 34.1. The van der Waals surface area contributed by atoms with Gasteiger partial charge in [0.2, 0.25) is 8.32 Å². The fourth-order valence-electron chi connectivity index (χ4n) is 4.85. The lowest BCUT2D eigenvalue weighted by Gasteiger charge is -2.36. The molecule has 1 unspecified atom stereocenters. The van der Waals surface area contributed by atoms with E-state index in [-0.39, 0.29) is 17.9 Å². The molecule has 1 aromatic carbocycles. The van der Waals surface area contributed by atoms with Gasteiger partial charge in [0.25, 0.3) is 10.1 Å². The van der Waals surface area contributed by atoms with Crippen molar-refractivity contribution in [2.45, 2.75) is 84.0 Å². The van der Waals surface area contributed by atoms with Gasteiger partial charge in [0.05, 0.1) is 44.3 Å². The Balaban J connectivity index is 1.50. The van der Waals surface area contributed by atoms with Gasteiger partial charge in [-0.15, -0.1) is 0 Å². The van der Waals surface area contributed by atoms with Gasteiger partial charge in [0, 0.05) is 30.3 Å². The molecule has 1 aliphatic heterocycles. The molecule has 2 atom stereocenters. The molecule has 1 fully saturated rings. The van der Waals surface area contributed by atoms with Crippen LogP contribution in [0.5, 0.6) is 5.75 Å². The summed E-state index contributed by atoms with van der Waals surface area (Å²) in [6, 6.07) is 10.3. The minimum absolute atomic E-state index is 0.0586. The topological polar surface area (TPSA) is 127 Å². The fourth-order valence-corrected chi connectivity index (χ4v) is 6.53. The molecule has 13 heteroatoms. The Labute approximate surface area is 262 Å². The smallest absolute Gasteiger partial charge is 0.264 e. The first-order valence-corrected chi connectivity index (χ1v) is 19.9. The quantitative estimate of drug-likeness (QED) is 0.120. The number of hydrogen-bond donors (Lipinski definition) is 0. The lowest BCUT2D eigenvalue weighted by Crippen LogP contribution is -2.43. The molecule has 1 aliphatic rings. The standard InChI is InChI=1S/C31H46N4O7SSi/c1-23(41-43(5,36)37)22-39-17-16-38-15-13-34-21-24(18-25(34)20-32)30-27-19-26(42-44(6,7)31(2,3)4)11-12-28(27)35(33-30)29-10-8-9-14-40-29/h11-12,18-19,21,23,29H,8-10,13-17,22H2,1-7H3/t23-,29?/m1/s1. The van der Waals surface area contributed by atoms with Crippen molar-refractivity contribution >= 4 is 29.3 Å². The number of fused-ring (bicyclic) bond motifs is 1. The molecular formula is C31H46N4O7SSi. The van der Waals surface area contributed by atoms with E-state index in [2.05, 4.69) is 52.1 Å². The Morgan fingerprint density at radius 3 is 2.57 bits per heavy atom. The minimum atomic E-state index is -3.52. The first-order valence-electron chi connectivity index (χ1n) is 15.2. The summed E-state index contributed by atoms with van der Waals surface area (Å²) in [4.78, 5) is 0.